The van der Waals surface area contributed by atoms with Gasteiger partial charge in [0.25, 0.3) is 0 Å². The van der Waals surface area contributed by atoms with Gasteiger partial charge in [-0.2, -0.15) is 0 Å². The average molecular weight is 328 g/mol. The van der Waals surface area contributed by atoms with Crippen molar-refractivity contribution >= 4 is 11.0 Å². The minimum Gasteiger partial charge on any atom is -0.504 e. The van der Waals surface area contributed by atoms with Gasteiger partial charge >= 0.3 is 0 Å². The monoisotopic (exact) mass is 328 g/mol. The van der Waals surface area contributed by atoms with Crippen LogP contribution in [0.15, 0.2) is 39.5 Å². The molecule has 4 rings (SSSR count). The third-order valence-corrected chi connectivity index (χ3v) is 3.77. The van der Waals surface area contributed by atoms with E-state index in [0.717, 1.165) is 0 Å². The van der Waals surface area contributed by atoms with Gasteiger partial charge in [0.15, 0.2) is 28.4 Å². The Bertz CT molecular complexity index is 1020. The fraction of sp³-hybridized carbons (Fsp3) is 0.118. The second-order valence-electron chi connectivity index (χ2n) is 5.22. The highest BCUT2D eigenvalue weighted by molar-refractivity contribution is 5.82. The lowest BCUT2D eigenvalue weighted by Gasteiger charge is -2.09. The second-order valence-corrected chi connectivity index (χ2v) is 5.22. The van der Waals surface area contributed by atoms with E-state index in [-0.39, 0.29) is 40.5 Å². The Labute approximate surface area is 135 Å². The largest absolute Gasteiger partial charge is 0.504 e. The standard InChI is InChI=1S/C17H12O7/c1-21-15-2-8(3-16-17(15)23-7-22-16)13-5-10(18)9-4-11(19)12(20)6-14(9)24-13/h2-6,19-20H,7H2,1H3. The molecule has 0 bridgehead atoms. The third-order valence-electron chi connectivity index (χ3n) is 3.77. The zero-order chi connectivity index (χ0) is 16.8. The predicted octanol–water partition coefficient (Wildman–Crippen LogP) is 2.61. The first kappa shape index (κ1) is 14.3. The van der Waals surface area contributed by atoms with Gasteiger partial charge in [0.1, 0.15) is 11.3 Å². The van der Waals surface area contributed by atoms with E-state index in [1.165, 1.54) is 25.3 Å². The summed E-state index contributed by atoms with van der Waals surface area (Å²) < 4.78 is 21.7. The molecular formula is C17H12O7. The maximum absolute atomic E-state index is 12.3. The van der Waals surface area contributed by atoms with Crippen molar-refractivity contribution in [1.82, 2.24) is 0 Å². The Hall–Kier alpha value is -3.35. The van der Waals surface area contributed by atoms with Gasteiger partial charge < -0.3 is 28.8 Å². The number of benzene rings is 2. The Morgan fingerprint density at radius 1 is 1.04 bits per heavy atom. The quantitative estimate of drug-likeness (QED) is 0.698. The molecule has 7 nitrogen and oxygen atoms in total. The maximum Gasteiger partial charge on any atom is 0.231 e. The number of fused-ring (bicyclic) bond motifs is 2. The summed E-state index contributed by atoms with van der Waals surface area (Å²) in [6, 6.07) is 7.00. The Morgan fingerprint density at radius 2 is 1.83 bits per heavy atom. The van der Waals surface area contributed by atoms with Gasteiger partial charge in [0.05, 0.1) is 12.5 Å². The fourth-order valence-electron chi connectivity index (χ4n) is 2.59. The lowest BCUT2D eigenvalue weighted by Crippen LogP contribution is -2.00. The molecule has 0 spiro atoms. The summed E-state index contributed by atoms with van der Waals surface area (Å²) in [4.78, 5) is 12.3. The number of hydrogen-bond acceptors (Lipinski definition) is 7. The van der Waals surface area contributed by atoms with E-state index in [1.54, 1.807) is 12.1 Å². The Kier molecular flexibility index (Phi) is 3.02. The highest BCUT2D eigenvalue weighted by Crippen LogP contribution is 2.44. The van der Waals surface area contributed by atoms with Crippen LogP contribution in [-0.2, 0) is 0 Å². The number of phenolic OH excluding ortho intramolecular Hbond substituents is 2. The van der Waals surface area contributed by atoms with Crippen LogP contribution in [0.2, 0.25) is 0 Å². The second kappa shape index (κ2) is 5.09. The lowest BCUT2D eigenvalue weighted by atomic mass is 10.1. The molecule has 1 aliphatic rings. The molecule has 0 saturated carbocycles. The number of phenols is 2. The van der Waals surface area contributed by atoms with Gasteiger partial charge in [-0.1, -0.05) is 0 Å². The van der Waals surface area contributed by atoms with E-state index in [9.17, 15) is 15.0 Å². The van der Waals surface area contributed by atoms with E-state index in [0.29, 0.717) is 22.8 Å². The van der Waals surface area contributed by atoms with Gasteiger partial charge in [-0.05, 0) is 18.2 Å². The van der Waals surface area contributed by atoms with Crippen LogP contribution in [0.5, 0.6) is 28.7 Å². The molecule has 1 aliphatic heterocycles. The molecule has 0 amide bonds. The van der Waals surface area contributed by atoms with Crippen molar-refractivity contribution in [2.24, 2.45) is 0 Å². The van der Waals surface area contributed by atoms with Crippen molar-refractivity contribution in [2.45, 2.75) is 0 Å². The first-order valence-electron chi connectivity index (χ1n) is 7.04. The van der Waals surface area contributed by atoms with Crippen molar-refractivity contribution < 1.29 is 28.8 Å². The number of rotatable bonds is 2. The van der Waals surface area contributed by atoms with Crippen molar-refractivity contribution in [3.05, 3.63) is 40.6 Å². The normalized spacial score (nSPS) is 12.5. The molecule has 2 heterocycles. The summed E-state index contributed by atoms with van der Waals surface area (Å²) in [5, 5.41) is 19.3. The van der Waals surface area contributed by atoms with Gasteiger partial charge in [0.2, 0.25) is 12.5 Å². The summed E-state index contributed by atoms with van der Waals surface area (Å²) in [5.74, 6) is 0.955. The first-order valence-corrected chi connectivity index (χ1v) is 7.04. The van der Waals surface area contributed by atoms with Crippen LogP contribution in [0, 0.1) is 0 Å². The number of aromatic hydroxyl groups is 2. The molecule has 0 aliphatic carbocycles. The van der Waals surface area contributed by atoms with Crippen LogP contribution in [0.4, 0.5) is 0 Å². The average Bonchev–Trinajstić information content (AvgIpc) is 3.04. The molecule has 2 aromatic carbocycles. The highest BCUT2D eigenvalue weighted by Gasteiger charge is 2.22. The lowest BCUT2D eigenvalue weighted by molar-refractivity contribution is 0.171. The van der Waals surface area contributed by atoms with Gasteiger partial charge in [-0.15, -0.1) is 0 Å². The van der Waals surface area contributed by atoms with Crippen LogP contribution in [0.3, 0.4) is 0 Å². The number of methoxy groups -OCH3 is 1. The van der Waals surface area contributed by atoms with Gasteiger partial charge in [-0.25, -0.2) is 0 Å². The summed E-state index contributed by atoms with van der Waals surface area (Å²) in [6.07, 6.45) is 0. The Morgan fingerprint density at radius 3 is 2.62 bits per heavy atom. The molecule has 7 heteroatoms. The van der Waals surface area contributed by atoms with Crippen molar-refractivity contribution in [2.75, 3.05) is 13.9 Å². The topological polar surface area (TPSA) is 98.4 Å². The van der Waals surface area contributed by atoms with Gasteiger partial charge in [-0.3, -0.25) is 4.79 Å². The molecule has 0 atom stereocenters. The minimum atomic E-state index is -0.382. The maximum atomic E-state index is 12.3. The Balaban J connectivity index is 1.94. The highest BCUT2D eigenvalue weighted by atomic mass is 16.7. The summed E-state index contributed by atoms with van der Waals surface area (Å²) in [7, 11) is 1.50. The number of hydrogen-bond donors (Lipinski definition) is 2. The summed E-state index contributed by atoms with van der Waals surface area (Å²) >= 11 is 0. The van der Waals surface area contributed by atoms with E-state index in [2.05, 4.69) is 0 Å². The molecule has 0 saturated heterocycles. The van der Waals surface area contributed by atoms with E-state index >= 15 is 0 Å². The zero-order valence-electron chi connectivity index (χ0n) is 12.5. The SMILES string of the molecule is COc1cc(-c2cc(=O)c3cc(O)c(O)cc3o2)cc2c1OCO2. The van der Waals surface area contributed by atoms with Crippen LogP contribution >= 0.6 is 0 Å². The zero-order valence-corrected chi connectivity index (χ0v) is 12.5. The molecule has 122 valence electrons. The molecular weight excluding hydrogens is 316 g/mol. The predicted molar refractivity (Wildman–Crippen MR) is 83.9 cm³/mol. The molecule has 0 unspecified atom stereocenters. The van der Waals surface area contributed by atoms with Crippen molar-refractivity contribution in [3.63, 3.8) is 0 Å². The van der Waals surface area contributed by atoms with E-state index in [1.807, 2.05) is 0 Å². The van der Waals surface area contributed by atoms with Crippen molar-refractivity contribution in [3.8, 4) is 40.1 Å². The van der Waals surface area contributed by atoms with Crippen LogP contribution < -0.4 is 19.6 Å². The molecule has 2 N–H and O–H groups in total. The third kappa shape index (κ3) is 2.10. The smallest absolute Gasteiger partial charge is 0.231 e. The first-order chi connectivity index (χ1) is 11.6. The summed E-state index contributed by atoms with van der Waals surface area (Å²) in [6.45, 7) is 0.0873. The van der Waals surface area contributed by atoms with Crippen molar-refractivity contribution in [1.29, 1.82) is 0 Å². The fourth-order valence-corrected chi connectivity index (χ4v) is 2.59. The molecule has 0 fully saturated rings. The van der Waals surface area contributed by atoms with E-state index in [4.69, 9.17) is 18.6 Å². The van der Waals surface area contributed by atoms with E-state index < -0.39 is 0 Å². The molecule has 0 radical (unpaired) electrons. The van der Waals surface area contributed by atoms with Crippen LogP contribution in [0.25, 0.3) is 22.3 Å². The minimum absolute atomic E-state index is 0.0873. The van der Waals surface area contributed by atoms with Crippen LogP contribution in [-0.4, -0.2) is 24.1 Å². The van der Waals surface area contributed by atoms with Crippen LogP contribution in [0.1, 0.15) is 0 Å². The molecule has 3 aromatic rings. The summed E-state index contributed by atoms with van der Waals surface area (Å²) in [5.41, 5.74) is 0.366. The number of ether oxygens (including phenoxy) is 3. The van der Waals surface area contributed by atoms with Gasteiger partial charge in [0, 0.05) is 17.7 Å². The molecule has 24 heavy (non-hydrogen) atoms. The molecule has 1 aromatic heterocycles.